The standard InChI is InChI=1S/C12H10N4O/c13-11-6-12(16-7-15-11)17-10-3-1-2-9-8(10)4-5-14-9/h1-7,14H,(H2,13,15,16). The Labute approximate surface area is 97.3 Å². The molecule has 0 radical (unpaired) electrons. The highest BCUT2D eigenvalue weighted by Crippen LogP contribution is 2.28. The molecule has 0 saturated carbocycles. The molecule has 0 spiro atoms. The fourth-order valence-electron chi connectivity index (χ4n) is 1.67. The Hall–Kier alpha value is -2.56. The quantitative estimate of drug-likeness (QED) is 0.703. The number of nitrogens with one attached hydrogen (secondary N) is 1. The Morgan fingerprint density at radius 1 is 1.18 bits per heavy atom. The van der Waals surface area contributed by atoms with Gasteiger partial charge in [0.2, 0.25) is 5.88 Å². The topological polar surface area (TPSA) is 76.8 Å². The van der Waals surface area contributed by atoms with E-state index in [9.17, 15) is 0 Å². The summed E-state index contributed by atoms with van der Waals surface area (Å²) in [5.41, 5.74) is 6.59. The van der Waals surface area contributed by atoms with Crippen molar-refractivity contribution in [2.75, 3.05) is 5.73 Å². The fraction of sp³-hybridized carbons (Fsp3) is 0. The predicted octanol–water partition coefficient (Wildman–Crippen LogP) is 2.33. The summed E-state index contributed by atoms with van der Waals surface area (Å²) in [6.45, 7) is 0. The third-order valence-corrected chi connectivity index (χ3v) is 2.43. The summed E-state index contributed by atoms with van der Waals surface area (Å²) in [6.07, 6.45) is 3.24. The highest BCUT2D eigenvalue weighted by Gasteiger charge is 2.05. The molecule has 0 fully saturated rings. The third-order valence-electron chi connectivity index (χ3n) is 2.43. The van der Waals surface area contributed by atoms with Crippen LogP contribution in [0.25, 0.3) is 10.9 Å². The summed E-state index contributed by atoms with van der Waals surface area (Å²) in [5, 5.41) is 1.00. The molecule has 3 rings (SSSR count). The highest BCUT2D eigenvalue weighted by atomic mass is 16.5. The summed E-state index contributed by atoms with van der Waals surface area (Å²) in [7, 11) is 0. The van der Waals surface area contributed by atoms with Crippen molar-refractivity contribution in [2.45, 2.75) is 0 Å². The van der Waals surface area contributed by atoms with Gasteiger partial charge in [-0.2, -0.15) is 0 Å². The maximum absolute atomic E-state index is 5.68. The van der Waals surface area contributed by atoms with Gasteiger partial charge in [-0.1, -0.05) is 6.07 Å². The van der Waals surface area contributed by atoms with E-state index < -0.39 is 0 Å². The van der Waals surface area contributed by atoms with Crippen molar-refractivity contribution in [3.05, 3.63) is 42.9 Å². The van der Waals surface area contributed by atoms with E-state index in [0.29, 0.717) is 11.7 Å². The first-order valence-corrected chi connectivity index (χ1v) is 5.14. The van der Waals surface area contributed by atoms with Gasteiger partial charge in [0.1, 0.15) is 17.9 Å². The molecule has 1 aromatic carbocycles. The van der Waals surface area contributed by atoms with Crippen LogP contribution in [-0.2, 0) is 0 Å². The molecule has 3 aromatic rings. The van der Waals surface area contributed by atoms with E-state index in [1.807, 2.05) is 30.5 Å². The molecule has 5 heteroatoms. The SMILES string of the molecule is Nc1cc(Oc2cccc3[nH]ccc23)ncn1. The lowest BCUT2D eigenvalue weighted by molar-refractivity contribution is 0.467. The predicted molar refractivity (Wildman–Crippen MR) is 64.8 cm³/mol. The minimum absolute atomic E-state index is 0.385. The summed E-state index contributed by atoms with van der Waals surface area (Å²) in [5.74, 6) is 1.56. The van der Waals surface area contributed by atoms with Crippen molar-refractivity contribution in [3.63, 3.8) is 0 Å². The number of aromatic nitrogens is 3. The number of nitrogens with zero attached hydrogens (tertiary/aromatic N) is 2. The van der Waals surface area contributed by atoms with Crippen molar-refractivity contribution in [3.8, 4) is 11.6 Å². The third kappa shape index (κ3) is 1.78. The number of H-pyrrole nitrogens is 1. The first-order chi connectivity index (χ1) is 8.33. The Bertz CT molecular complexity index is 662. The Morgan fingerprint density at radius 3 is 3.00 bits per heavy atom. The summed E-state index contributed by atoms with van der Waals surface area (Å²) in [6, 6.07) is 9.32. The zero-order chi connectivity index (χ0) is 11.7. The molecule has 2 aromatic heterocycles. The van der Waals surface area contributed by atoms with Gasteiger partial charge in [0, 0.05) is 23.2 Å². The van der Waals surface area contributed by atoms with Gasteiger partial charge in [-0.3, -0.25) is 0 Å². The molecule has 84 valence electrons. The maximum atomic E-state index is 5.68. The van der Waals surface area contributed by atoms with Crippen LogP contribution in [0.2, 0.25) is 0 Å². The van der Waals surface area contributed by atoms with Gasteiger partial charge in [0.05, 0.1) is 0 Å². The number of rotatable bonds is 2. The Kier molecular flexibility index (Phi) is 2.15. The van der Waals surface area contributed by atoms with Gasteiger partial charge in [0.15, 0.2) is 0 Å². The number of benzene rings is 1. The molecule has 0 amide bonds. The molecule has 0 unspecified atom stereocenters. The van der Waals surface area contributed by atoms with Crippen LogP contribution in [0.3, 0.4) is 0 Å². The van der Waals surface area contributed by atoms with Crippen LogP contribution in [0.1, 0.15) is 0 Å². The Morgan fingerprint density at radius 2 is 2.12 bits per heavy atom. The number of hydrogen-bond acceptors (Lipinski definition) is 4. The second-order valence-corrected chi connectivity index (χ2v) is 3.58. The van der Waals surface area contributed by atoms with E-state index in [2.05, 4.69) is 15.0 Å². The lowest BCUT2D eigenvalue weighted by atomic mass is 10.2. The molecule has 2 heterocycles. The van der Waals surface area contributed by atoms with E-state index in [4.69, 9.17) is 10.5 Å². The number of nitrogen functional groups attached to an aromatic ring is 1. The molecule has 3 N–H and O–H groups in total. The van der Waals surface area contributed by atoms with Crippen LogP contribution >= 0.6 is 0 Å². The van der Waals surface area contributed by atoms with Gasteiger partial charge >= 0.3 is 0 Å². The van der Waals surface area contributed by atoms with Gasteiger partial charge in [-0.15, -0.1) is 0 Å². The first-order valence-electron chi connectivity index (χ1n) is 5.14. The van der Waals surface area contributed by atoms with Crippen molar-refractivity contribution in [1.29, 1.82) is 0 Å². The van der Waals surface area contributed by atoms with Gasteiger partial charge in [-0.05, 0) is 18.2 Å². The fourth-order valence-corrected chi connectivity index (χ4v) is 1.67. The first kappa shape index (κ1) is 9.65. The minimum Gasteiger partial charge on any atom is -0.438 e. The second-order valence-electron chi connectivity index (χ2n) is 3.58. The van der Waals surface area contributed by atoms with E-state index in [1.165, 1.54) is 6.33 Å². The number of anilines is 1. The monoisotopic (exact) mass is 226 g/mol. The van der Waals surface area contributed by atoms with Crippen LogP contribution in [0.15, 0.2) is 42.9 Å². The van der Waals surface area contributed by atoms with E-state index in [0.717, 1.165) is 16.7 Å². The highest BCUT2D eigenvalue weighted by molar-refractivity contribution is 5.85. The van der Waals surface area contributed by atoms with E-state index in [1.54, 1.807) is 6.07 Å². The number of aromatic amines is 1. The van der Waals surface area contributed by atoms with Gasteiger partial charge in [0.25, 0.3) is 0 Å². The largest absolute Gasteiger partial charge is 0.438 e. The summed E-state index contributed by atoms with van der Waals surface area (Å²) < 4.78 is 5.68. The average Bonchev–Trinajstić information content (AvgIpc) is 2.78. The normalized spacial score (nSPS) is 10.6. The molecule has 0 aliphatic heterocycles. The second kappa shape index (κ2) is 3.79. The average molecular weight is 226 g/mol. The number of hydrogen-bond donors (Lipinski definition) is 2. The lowest BCUT2D eigenvalue weighted by Crippen LogP contribution is -1.93. The molecule has 17 heavy (non-hydrogen) atoms. The summed E-state index contributed by atoms with van der Waals surface area (Å²) >= 11 is 0. The molecular weight excluding hydrogens is 216 g/mol. The molecule has 0 bridgehead atoms. The van der Waals surface area contributed by atoms with Gasteiger partial charge in [-0.25, -0.2) is 9.97 Å². The van der Waals surface area contributed by atoms with E-state index in [-0.39, 0.29) is 0 Å². The minimum atomic E-state index is 0.385. The van der Waals surface area contributed by atoms with Crippen molar-refractivity contribution >= 4 is 16.7 Å². The molecule has 0 saturated heterocycles. The van der Waals surface area contributed by atoms with Crippen LogP contribution in [0.5, 0.6) is 11.6 Å². The summed E-state index contributed by atoms with van der Waals surface area (Å²) in [4.78, 5) is 10.9. The van der Waals surface area contributed by atoms with Crippen molar-refractivity contribution in [1.82, 2.24) is 15.0 Å². The lowest BCUT2D eigenvalue weighted by Gasteiger charge is -2.05. The zero-order valence-corrected chi connectivity index (χ0v) is 8.92. The number of ether oxygens (including phenoxy) is 1. The molecular formula is C12H10N4O. The van der Waals surface area contributed by atoms with Gasteiger partial charge < -0.3 is 15.5 Å². The van der Waals surface area contributed by atoms with Crippen molar-refractivity contribution < 1.29 is 4.74 Å². The molecule has 0 atom stereocenters. The van der Waals surface area contributed by atoms with Crippen LogP contribution in [-0.4, -0.2) is 15.0 Å². The van der Waals surface area contributed by atoms with E-state index >= 15 is 0 Å². The van der Waals surface area contributed by atoms with Crippen LogP contribution in [0, 0.1) is 0 Å². The Balaban J connectivity index is 2.02. The molecule has 0 aliphatic rings. The molecule has 5 nitrogen and oxygen atoms in total. The van der Waals surface area contributed by atoms with Crippen molar-refractivity contribution in [2.24, 2.45) is 0 Å². The number of fused-ring (bicyclic) bond motifs is 1. The van der Waals surface area contributed by atoms with Crippen LogP contribution < -0.4 is 10.5 Å². The van der Waals surface area contributed by atoms with Crippen LogP contribution in [0.4, 0.5) is 5.82 Å². The molecule has 0 aliphatic carbocycles. The number of nitrogens with two attached hydrogens (primary N) is 1. The smallest absolute Gasteiger partial charge is 0.224 e. The zero-order valence-electron chi connectivity index (χ0n) is 8.92. The maximum Gasteiger partial charge on any atom is 0.224 e.